The van der Waals surface area contributed by atoms with Crippen LogP contribution in [-0.2, 0) is 13.6 Å². The number of hydrogen-bond donors (Lipinski definition) is 1. The number of nitrogens with zero attached hydrogens (tertiary/aromatic N) is 2. The summed E-state index contributed by atoms with van der Waals surface area (Å²) >= 11 is 0. The van der Waals surface area contributed by atoms with Crippen molar-refractivity contribution in [2.24, 2.45) is 12.8 Å². The minimum atomic E-state index is 0.512. The highest BCUT2D eigenvalue weighted by Gasteiger charge is 2.15. The Morgan fingerprint density at radius 3 is 2.53 bits per heavy atom. The summed E-state index contributed by atoms with van der Waals surface area (Å²) in [5, 5.41) is 0. The first-order valence-corrected chi connectivity index (χ1v) is 6.78. The zero-order valence-corrected chi connectivity index (χ0v) is 12.5. The average molecular weight is 257 g/mol. The molecule has 0 fully saturated rings. The van der Waals surface area contributed by atoms with E-state index in [2.05, 4.69) is 43.5 Å². The molecule has 0 aliphatic heterocycles. The van der Waals surface area contributed by atoms with Crippen molar-refractivity contribution < 1.29 is 0 Å². The second-order valence-electron chi connectivity index (χ2n) is 5.45. The van der Waals surface area contributed by atoms with Gasteiger partial charge in [-0.05, 0) is 37.0 Å². The number of hydrogen-bond acceptors (Lipinski definition) is 2. The first kappa shape index (κ1) is 13.8. The maximum absolute atomic E-state index is 5.89. The van der Waals surface area contributed by atoms with Gasteiger partial charge in [-0.15, -0.1) is 0 Å². The van der Waals surface area contributed by atoms with Gasteiger partial charge in [-0.2, -0.15) is 0 Å². The van der Waals surface area contributed by atoms with Crippen LogP contribution in [0.2, 0.25) is 0 Å². The van der Waals surface area contributed by atoms with Gasteiger partial charge < -0.3 is 10.3 Å². The third kappa shape index (κ3) is 2.43. The van der Waals surface area contributed by atoms with E-state index in [-0.39, 0.29) is 0 Å². The fraction of sp³-hybridized carbons (Fsp3) is 0.438. The first-order chi connectivity index (χ1) is 8.95. The van der Waals surface area contributed by atoms with Gasteiger partial charge >= 0.3 is 0 Å². The van der Waals surface area contributed by atoms with E-state index in [0.717, 1.165) is 17.2 Å². The van der Waals surface area contributed by atoms with Crippen molar-refractivity contribution in [3.8, 4) is 11.3 Å². The van der Waals surface area contributed by atoms with Gasteiger partial charge in [-0.3, -0.25) is 0 Å². The first-order valence-electron chi connectivity index (χ1n) is 6.78. The highest BCUT2D eigenvalue weighted by Crippen LogP contribution is 2.29. The van der Waals surface area contributed by atoms with Gasteiger partial charge in [0.1, 0.15) is 5.82 Å². The predicted octanol–water partition coefficient (Wildman–Crippen LogP) is 3.29. The second kappa shape index (κ2) is 5.17. The highest BCUT2D eigenvalue weighted by molar-refractivity contribution is 5.67. The molecule has 1 aromatic carbocycles. The van der Waals surface area contributed by atoms with Crippen LogP contribution in [0.25, 0.3) is 11.3 Å². The Kier molecular flexibility index (Phi) is 3.76. The third-order valence-corrected chi connectivity index (χ3v) is 3.81. The summed E-state index contributed by atoms with van der Waals surface area (Å²) in [6, 6.07) is 6.62. The van der Waals surface area contributed by atoms with Gasteiger partial charge in [-0.25, -0.2) is 4.98 Å². The Hall–Kier alpha value is -1.61. The highest BCUT2D eigenvalue weighted by atomic mass is 15.1. The van der Waals surface area contributed by atoms with Crippen molar-refractivity contribution in [3.63, 3.8) is 0 Å². The standard InChI is InChI=1S/C16H23N3/c1-10(2)13-7-6-11(3)14(8-13)16-15(9-17)19(5)12(4)18-16/h6-8,10H,9,17H2,1-5H3. The van der Waals surface area contributed by atoms with Crippen LogP contribution in [0.4, 0.5) is 0 Å². The number of nitrogens with two attached hydrogens (primary N) is 1. The normalized spacial score (nSPS) is 11.3. The van der Waals surface area contributed by atoms with Crippen molar-refractivity contribution in [1.29, 1.82) is 0 Å². The van der Waals surface area contributed by atoms with Gasteiger partial charge in [0.15, 0.2) is 0 Å². The summed E-state index contributed by atoms with van der Waals surface area (Å²) in [7, 11) is 2.02. The second-order valence-corrected chi connectivity index (χ2v) is 5.45. The molecule has 0 amide bonds. The molecule has 0 atom stereocenters. The van der Waals surface area contributed by atoms with Gasteiger partial charge in [0.05, 0.1) is 11.4 Å². The van der Waals surface area contributed by atoms with Crippen LogP contribution in [0.15, 0.2) is 18.2 Å². The minimum Gasteiger partial charge on any atom is -0.334 e. The molecule has 2 aromatic rings. The molecule has 0 saturated carbocycles. The quantitative estimate of drug-likeness (QED) is 0.917. The van der Waals surface area contributed by atoms with Crippen LogP contribution < -0.4 is 5.73 Å². The van der Waals surface area contributed by atoms with E-state index in [1.165, 1.54) is 16.7 Å². The summed E-state index contributed by atoms with van der Waals surface area (Å²) in [5.41, 5.74) is 11.8. The lowest BCUT2D eigenvalue weighted by Crippen LogP contribution is -2.06. The van der Waals surface area contributed by atoms with E-state index in [1.807, 2.05) is 14.0 Å². The largest absolute Gasteiger partial charge is 0.334 e. The van der Waals surface area contributed by atoms with Gasteiger partial charge in [0.2, 0.25) is 0 Å². The molecule has 3 heteroatoms. The number of benzene rings is 1. The Morgan fingerprint density at radius 1 is 1.26 bits per heavy atom. The molecule has 0 unspecified atom stereocenters. The zero-order chi connectivity index (χ0) is 14.2. The van der Waals surface area contributed by atoms with Crippen molar-refractivity contribution in [2.75, 3.05) is 0 Å². The molecule has 0 bridgehead atoms. The van der Waals surface area contributed by atoms with Crippen LogP contribution in [0.1, 0.15) is 42.4 Å². The molecule has 102 valence electrons. The fourth-order valence-corrected chi connectivity index (χ4v) is 2.36. The van der Waals surface area contributed by atoms with Crippen molar-refractivity contribution in [3.05, 3.63) is 40.8 Å². The van der Waals surface area contributed by atoms with E-state index in [4.69, 9.17) is 10.7 Å². The lowest BCUT2D eigenvalue weighted by molar-refractivity contribution is 0.789. The monoisotopic (exact) mass is 257 g/mol. The minimum absolute atomic E-state index is 0.512. The summed E-state index contributed by atoms with van der Waals surface area (Å²) in [5.74, 6) is 1.52. The number of imidazole rings is 1. The maximum Gasteiger partial charge on any atom is 0.106 e. The molecule has 2 N–H and O–H groups in total. The molecule has 0 aliphatic carbocycles. The lowest BCUT2D eigenvalue weighted by atomic mass is 9.95. The van der Waals surface area contributed by atoms with Crippen molar-refractivity contribution in [1.82, 2.24) is 9.55 Å². The summed E-state index contributed by atoms with van der Waals surface area (Å²) in [4.78, 5) is 4.70. The molecular weight excluding hydrogens is 234 g/mol. The third-order valence-electron chi connectivity index (χ3n) is 3.81. The van der Waals surface area contributed by atoms with Crippen LogP contribution in [0.3, 0.4) is 0 Å². The molecule has 0 spiro atoms. The number of aromatic nitrogens is 2. The summed E-state index contributed by atoms with van der Waals surface area (Å²) in [6.45, 7) is 9.08. The van der Waals surface area contributed by atoms with E-state index in [9.17, 15) is 0 Å². The average Bonchev–Trinajstić information content (AvgIpc) is 2.65. The Labute approximate surface area is 115 Å². The lowest BCUT2D eigenvalue weighted by Gasteiger charge is -2.11. The van der Waals surface area contributed by atoms with Gasteiger partial charge in [0.25, 0.3) is 0 Å². The Morgan fingerprint density at radius 2 is 1.95 bits per heavy atom. The van der Waals surface area contributed by atoms with Crippen molar-refractivity contribution >= 4 is 0 Å². The van der Waals surface area contributed by atoms with Crippen molar-refractivity contribution in [2.45, 2.75) is 40.2 Å². The van der Waals surface area contributed by atoms with Crippen LogP contribution in [0, 0.1) is 13.8 Å². The van der Waals surface area contributed by atoms with E-state index >= 15 is 0 Å². The molecule has 0 aliphatic rings. The zero-order valence-electron chi connectivity index (χ0n) is 12.5. The molecular formula is C16H23N3. The van der Waals surface area contributed by atoms with E-state index in [0.29, 0.717) is 12.5 Å². The number of rotatable bonds is 3. The van der Waals surface area contributed by atoms with Crippen LogP contribution in [-0.4, -0.2) is 9.55 Å². The Bertz CT molecular complexity index is 594. The topological polar surface area (TPSA) is 43.8 Å². The summed E-state index contributed by atoms with van der Waals surface area (Å²) < 4.78 is 2.08. The molecule has 0 saturated heterocycles. The SMILES string of the molecule is Cc1ccc(C(C)C)cc1-c1nc(C)n(C)c1CN. The maximum atomic E-state index is 5.89. The smallest absolute Gasteiger partial charge is 0.106 e. The molecule has 1 heterocycles. The van der Waals surface area contributed by atoms with Crippen LogP contribution in [0.5, 0.6) is 0 Å². The molecule has 19 heavy (non-hydrogen) atoms. The van der Waals surface area contributed by atoms with Crippen LogP contribution >= 0.6 is 0 Å². The van der Waals surface area contributed by atoms with E-state index < -0.39 is 0 Å². The summed E-state index contributed by atoms with van der Waals surface area (Å²) in [6.07, 6.45) is 0. The van der Waals surface area contributed by atoms with Gasteiger partial charge in [0, 0.05) is 19.2 Å². The number of aryl methyl sites for hydroxylation is 2. The van der Waals surface area contributed by atoms with E-state index in [1.54, 1.807) is 0 Å². The van der Waals surface area contributed by atoms with Gasteiger partial charge in [-0.1, -0.05) is 26.0 Å². The molecule has 3 nitrogen and oxygen atoms in total. The Balaban J connectivity index is 2.64. The predicted molar refractivity (Wildman–Crippen MR) is 80.1 cm³/mol. The fourth-order valence-electron chi connectivity index (χ4n) is 2.36. The molecule has 2 rings (SSSR count). The molecule has 0 radical (unpaired) electrons. The molecule has 1 aromatic heterocycles.